The highest BCUT2D eigenvalue weighted by Gasteiger charge is 2.12. The third-order valence-electron chi connectivity index (χ3n) is 4.62. The highest BCUT2D eigenvalue weighted by Crippen LogP contribution is 2.39. The molecule has 1 N–H and O–H groups in total. The summed E-state index contributed by atoms with van der Waals surface area (Å²) in [6.07, 6.45) is 0. The number of hydrogen-bond acceptors (Lipinski definition) is 3. The Morgan fingerprint density at radius 2 is 1.23 bits per heavy atom. The minimum Gasteiger partial charge on any atom is -0.507 e. The number of phenolic OH excluding ortho intramolecular Hbond substituents is 1. The quantitative estimate of drug-likeness (QED) is 0.493. The Morgan fingerprint density at radius 1 is 0.654 bits per heavy atom. The van der Waals surface area contributed by atoms with Crippen LogP contribution in [0.3, 0.4) is 0 Å². The summed E-state index contributed by atoms with van der Waals surface area (Å²) >= 11 is 0. The van der Waals surface area contributed by atoms with Crippen molar-refractivity contribution in [2.75, 3.05) is 20.3 Å². The second-order valence-electron chi connectivity index (χ2n) is 6.18. The van der Waals surface area contributed by atoms with Gasteiger partial charge in [-0.1, -0.05) is 60.7 Å². The molecule has 0 spiro atoms. The molecule has 26 heavy (non-hydrogen) atoms. The third kappa shape index (κ3) is 2.87. The number of ether oxygens (including phenoxy) is 2. The summed E-state index contributed by atoms with van der Waals surface area (Å²) in [5.74, 6) is 1.15. The Hall–Kier alpha value is -3.04. The number of methoxy groups -OCH3 is 1. The second kappa shape index (κ2) is 7.06. The van der Waals surface area contributed by atoms with Crippen LogP contribution in [0.4, 0.5) is 0 Å². The first-order chi connectivity index (χ1) is 12.8. The summed E-state index contributed by atoms with van der Waals surface area (Å²) in [5.41, 5.74) is 2.22. The Kier molecular flexibility index (Phi) is 4.46. The van der Waals surface area contributed by atoms with Crippen molar-refractivity contribution in [3.05, 3.63) is 72.8 Å². The molecule has 0 saturated heterocycles. The van der Waals surface area contributed by atoms with E-state index in [4.69, 9.17) is 9.47 Å². The van der Waals surface area contributed by atoms with E-state index in [0.717, 1.165) is 38.4 Å². The first-order valence-corrected chi connectivity index (χ1v) is 8.64. The highest BCUT2D eigenvalue weighted by atomic mass is 16.5. The Bertz CT molecular complexity index is 1070. The molecule has 0 aliphatic heterocycles. The number of hydrogen-bond donors (Lipinski definition) is 1. The molecule has 0 bridgehead atoms. The molecule has 0 unspecified atom stereocenters. The molecule has 3 nitrogen and oxygen atoms in total. The number of benzene rings is 4. The normalized spacial score (nSPS) is 11.1. The molecule has 4 aromatic rings. The van der Waals surface area contributed by atoms with E-state index >= 15 is 0 Å². The van der Waals surface area contributed by atoms with Crippen LogP contribution in [0.1, 0.15) is 0 Å². The van der Waals surface area contributed by atoms with Gasteiger partial charge >= 0.3 is 0 Å². The van der Waals surface area contributed by atoms with Crippen LogP contribution in [-0.4, -0.2) is 25.4 Å². The number of rotatable bonds is 5. The first-order valence-electron chi connectivity index (χ1n) is 8.64. The maximum Gasteiger partial charge on any atom is 0.127 e. The zero-order valence-corrected chi connectivity index (χ0v) is 14.6. The lowest BCUT2D eigenvalue weighted by molar-refractivity contribution is 0.147. The summed E-state index contributed by atoms with van der Waals surface area (Å²) in [4.78, 5) is 0. The fourth-order valence-corrected chi connectivity index (χ4v) is 3.39. The number of fused-ring (bicyclic) bond motifs is 2. The van der Waals surface area contributed by atoms with Gasteiger partial charge in [-0.25, -0.2) is 0 Å². The molecule has 4 rings (SSSR count). The molecule has 0 heterocycles. The van der Waals surface area contributed by atoms with Crippen molar-refractivity contribution in [3.63, 3.8) is 0 Å². The second-order valence-corrected chi connectivity index (χ2v) is 6.18. The molecule has 3 heteroatoms. The number of aromatic hydroxyl groups is 1. The van der Waals surface area contributed by atoms with Gasteiger partial charge in [0.1, 0.15) is 18.1 Å². The monoisotopic (exact) mass is 344 g/mol. The zero-order chi connectivity index (χ0) is 17.9. The van der Waals surface area contributed by atoms with E-state index in [2.05, 4.69) is 18.2 Å². The van der Waals surface area contributed by atoms with Crippen LogP contribution in [0, 0.1) is 0 Å². The maximum atomic E-state index is 10.2. The van der Waals surface area contributed by atoms with Crippen molar-refractivity contribution in [1.29, 1.82) is 0 Å². The molecule has 0 saturated carbocycles. The lowest BCUT2D eigenvalue weighted by Crippen LogP contribution is -2.04. The maximum absolute atomic E-state index is 10.2. The average Bonchev–Trinajstić information content (AvgIpc) is 2.69. The minimum atomic E-state index is 0.299. The summed E-state index contributed by atoms with van der Waals surface area (Å²) in [6.45, 7) is 1.07. The van der Waals surface area contributed by atoms with E-state index in [-0.39, 0.29) is 0 Å². The van der Waals surface area contributed by atoms with Crippen LogP contribution in [-0.2, 0) is 4.74 Å². The fraction of sp³-hybridized carbons (Fsp3) is 0.130. The van der Waals surface area contributed by atoms with Crippen molar-refractivity contribution in [1.82, 2.24) is 0 Å². The van der Waals surface area contributed by atoms with Gasteiger partial charge in [-0.3, -0.25) is 0 Å². The molecule has 0 atom stereocenters. The van der Waals surface area contributed by atoms with Crippen molar-refractivity contribution in [3.8, 4) is 22.6 Å². The van der Waals surface area contributed by atoms with E-state index in [1.54, 1.807) is 13.2 Å². The molecule has 130 valence electrons. The smallest absolute Gasteiger partial charge is 0.127 e. The lowest BCUT2D eigenvalue weighted by atomic mass is 9.93. The van der Waals surface area contributed by atoms with Gasteiger partial charge in [0.05, 0.1) is 6.61 Å². The van der Waals surface area contributed by atoms with Gasteiger partial charge in [0, 0.05) is 17.9 Å². The Balaban J connectivity index is 1.91. The Labute approximate surface area is 152 Å². The molecular weight excluding hydrogens is 324 g/mol. The summed E-state index contributed by atoms with van der Waals surface area (Å²) in [7, 11) is 1.67. The number of phenols is 1. The van der Waals surface area contributed by atoms with Crippen molar-refractivity contribution in [2.45, 2.75) is 0 Å². The molecule has 0 amide bonds. The van der Waals surface area contributed by atoms with Crippen molar-refractivity contribution in [2.24, 2.45) is 0 Å². The molecule has 0 aliphatic carbocycles. The molecule has 0 fully saturated rings. The molecule has 4 aromatic carbocycles. The van der Waals surface area contributed by atoms with Crippen LogP contribution < -0.4 is 4.74 Å². The summed E-state index contributed by atoms with van der Waals surface area (Å²) in [6, 6.07) is 24.0. The van der Waals surface area contributed by atoms with Crippen molar-refractivity contribution >= 4 is 21.5 Å². The van der Waals surface area contributed by atoms with Crippen LogP contribution in [0.25, 0.3) is 32.7 Å². The van der Waals surface area contributed by atoms with E-state index in [0.29, 0.717) is 19.0 Å². The van der Waals surface area contributed by atoms with Gasteiger partial charge < -0.3 is 14.6 Å². The standard InChI is InChI=1S/C23H20O3/c1-25-14-15-26-23-13-11-19(17-7-3-5-9-21(17)23)18-10-12-22(24)20-8-4-2-6-16(18)20/h2-13,24H,14-15H2,1H3. The zero-order valence-electron chi connectivity index (χ0n) is 14.6. The van der Waals surface area contributed by atoms with E-state index in [1.807, 2.05) is 48.5 Å². The SMILES string of the molecule is COCCOc1ccc(-c2ccc(O)c3ccccc23)c2ccccc12. The topological polar surface area (TPSA) is 38.7 Å². The fourth-order valence-electron chi connectivity index (χ4n) is 3.39. The van der Waals surface area contributed by atoms with Gasteiger partial charge in [-0.05, 0) is 34.0 Å². The molecule has 0 aliphatic rings. The molecule has 0 aromatic heterocycles. The predicted molar refractivity (Wildman–Crippen MR) is 106 cm³/mol. The van der Waals surface area contributed by atoms with Crippen LogP contribution >= 0.6 is 0 Å². The third-order valence-corrected chi connectivity index (χ3v) is 4.62. The highest BCUT2D eigenvalue weighted by molar-refractivity contribution is 6.08. The van der Waals surface area contributed by atoms with Gasteiger partial charge in [0.15, 0.2) is 0 Å². The minimum absolute atomic E-state index is 0.299. The van der Waals surface area contributed by atoms with Gasteiger partial charge in [-0.2, -0.15) is 0 Å². The predicted octanol–water partition coefficient (Wildman–Crippen LogP) is 5.39. The van der Waals surface area contributed by atoms with Gasteiger partial charge in [0.2, 0.25) is 0 Å². The molecular formula is C23H20O3. The van der Waals surface area contributed by atoms with Gasteiger partial charge in [0.25, 0.3) is 0 Å². The summed E-state index contributed by atoms with van der Waals surface area (Å²) in [5, 5.41) is 14.3. The van der Waals surface area contributed by atoms with Crippen molar-refractivity contribution < 1.29 is 14.6 Å². The Morgan fingerprint density at radius 3 is 1.92 bits per heavy atom. The van der Waals surface area contributed by atoms with Crippen LogP contribution in [0.2, 0.25) is 0 Å². The van der Waals surface area contributed by atoms with Crippen LogP contribution in [0.15, 0.2) is 72.8 Å². The lowest BCUT2D eigenvalue weighted by Gasteiger charge is -2.14. The largest absolute Gasteiger partial charge is 0.507 e. The van der Waals surface area contributed by atoms with Gasteiger partial charge in [-0.15, -0.1) is 0 Å². The first kappa shape index (κ1) is 16.4. The van der Waals surface area contributed by atoms with Crippen LogP contribution in [0.5, 0.6) is 11.5 Å². The van der Waals surface area contributed by atoms with E-state index < -0.39 is 0 Å². The summed E-state index contributed by atoms with van der Waals surface area (Å²) < 4.78 is 11.0. The average molecular weight is 344 g/mol. The molecule has 0 radical (unpaired) electrons. The van der Waals surface area contributed by atoms with E-state index in [1.165, 1.54) is 0 Å². The van der Waals surface area contributed by atoms with E-state index in [9.17, 15) is 5.11 Å².